The van der Waals surface area contributed by atoms with Crippen LogP contribution in [0.5, 0.6) is 0 Å². The number of aryl methyl sites for hydroxylation is 2. The van der Waals surface area contributed by atoms with Gasteiger partial charge in [-0.25, -0.2) is 0 Å². The van der Waals surface area contributed by atoms with Crippen LogP contribution in [-0.4, -0.2) is 59.7 Å². The Morgan fingerprint density at radius 3 is 2.73 bits per heavy atom. The Labute approximate surface area is 128 Å². The Kier molecular flexibility index (Phi) is 3.42. The lowest BCUT2D eigenvalue weighted by Crippen LogP contribution is -2.55. The number of carbonyl (C=O) groups is 3. The van der Waals surface area contributed by atoms with Crippen LogP contribution in [0.4, 0.5) is 0 Å². The predicted molar refractivity (Wildman–Crippen MR) is 77.2 cm³/mol. The highest BCUT2D eigenvalue weighted by atomic mass is 16.3. The number of piperazine rings is 1. The number of fused-ring (bicyclic) bond motifs is 1. The summed E-state index contributed by atoms with van der Waals surface area (Å²) in [5.74, 6) is 0.884. The van der Waals surface area contributed by atoms with Gasteiger partial charge in [-0.2, -0.15) is 0 Å². The van der Waals surface area contributed by atoms with Gasteiger partial charge in [-0.3, -0.25) is 14.4 Å². The van der Waals surface area contributed by atoms with E-state index in [2.05, 4.69) is 5.32 Å². The molecule has 3 rings (SSSR count). The molecule has 22 heavy (non-hydrogen) atoms. The maximum Gasteiger partial charge on any atom is 0.255 e. The number of furan rings is 1. The van der Waals surface area contributed by atoms with E-state index < -0.39 is 6.04 Å². The van der Waals surface area contributed by atoms with Crippen molar-refractivity contribution in [2.45, 2.75) is 32.4 Å². The van der Waals surface area contributed by atoms with E-state index in [1.165, 1.54) is 4.90 Å². The SMILES string of the molecule is Cc1cc(C(=O)N[C@H]2C[C@H]3C(=O)N(C)CC(=O)N3C2)c(C)o1. The summed E-state index contributed by atoms with van der Waals surface area (Å²) in [6.45, 7) is 4.01. The largest absolute Gasteiger partial charge is 0.466 e. The van der Waals surface area contributed by atoms with Crippen LogP contribution >= 0.6 is 0 Å². The Morgan fingerprint density at radius 2 is 2.09 bits per heavy atom. The van der Waals surface area contributed by atoms with Gasteiger partial charge in [-0.1, -0.05) is 0 Å². The molecule has 2 fully saturated rings. The Bertz CT molecular complexity index is 651. The third-order valence-electron chi connectivity index (χ3n) is 4.28. The number of hydrogen-bond acceptors (Lipinski definition) is 4. The molecule has 0 unspecified atom stereocenters. The average molecular weight is 305 g/mol. The predicted octanol–water partition coefficient (Wildman–Crippen LogP) is 0.0677. The number of carbonyl (C=O) groups excluding carboxylic acids is 3. The van der Waals surface area contributed by atoms with E-state index in [0.29, 0.717) is 30.0 Å². The van der Waals surface area contributed by atoms with Crippen molar-refractivity contribution in [1.29, 1.82) is 0 Å². The zero-order valence-corrected chi connectivity index (χ0v) is 12.9. The van der Waals surface area contributed by atoms with Crippen LogP contribution in [0.15, 0.2) is 10.5 Å². The fourth-order valence-electron chi connectivity index (χ4n) is 3.20. The molecule has 0 spiro atoms. The van der Waals surface area contributed by atoms with Crippen LogP contribution in [0.3, 0.4) is 0 Å². The molecule has 0 aliphatic carbocycles. The molecular weight excluding hydrogens is 286 g/mol. The molecular formula is C15H19N3O4. The molecule has 2 atom stereocenters. The maximum absolute atomic E-state index is 12.3. The van der Waals surface area contributed by atoms with Gasteiger partial charge in [0.1, 0.15) is 17.6 Å². The van der Waals surface area contributed by atoms with Gasteiger partial charge in [0.15, 0.2) is 0 Å². The maximum atomic E-state index is 12.3. The Balaban J connectivity index is 1.70. The van der Waals surface area contributed by atoms with Crippen LogP contribution < -0.4 is 5.32 Å². The first-order valence-electron chi connectivity index (χ1n) is 7.29. The van der Waals surface area contributed by atoms with Crippen LogP contribution in [0, 0.1) is 13.8 Å². The first-order valence-corrected chi connectivity index (χ1v) is 7.29. The zero-order chi connectivity index (χ0) is 16.0. The van der Waals surface area contributed by atoms with Gasteiger partial charge in [0, 0.05) is 19.6 Å². The summed E-state index contributed by atoms with van der Waals surface area (Å²) in [4.78, 5) is 39.4. The quantitative estimate of drug-likeness (QED) is 0.838. The lowest BCUT2D eigenvalue weighted by Gasteiger charge is -2.33. The summed E-state index contributed by atoms with van der Waals surface area (Å²) < 4.78 is 5.36. The Morgan fingerprint density at radius 1 is 1.36 bits per heavy atom. The monoisotopic (exact) mass is 305 g/mol. The summed E-state index contributed by atoms with van der Waals surface area (Å²) in [5.41, 5.74) is 0.497. The van der Waals surface area contributed by atoms with Crippen molar-refractivity contribution in [3.05, 3.63) is 23.2 Å². The third-order valence-corrected chi connectivity index (χ3v) is 4.28. The smallest absolute Gasteiger partial charge is 0.255 e. The van der Waals surface area contributed by atoms with Crippen molar-refractivity contribution in [3.8, 4) is 0 Å². The molecule has 1 N–H and O–H groups in total. The second-order valence-corrected chi connectivity index (χ2v) is 5.99. The van der Waals surface area contributed by atoms with Gasteiger partial charge < -0.3 is 19.5 Å². The van der Waals surface area contributed by atoms with Gasteiger partial charge >= 0.3 is 0 Å². The molecule has 0 aromatic carbocycles. The molecule has 3 heterocycles. The minimum Gasteiger partial charge on any atom is -0.466 e. The van der Waals surface area contributed by atoms with Crippen molar-refractivity contribution >= 4 is 17.7 Å². The number of nitrogens with one attached hydrogen (secondary N) is 1. The van der Waals surface area contributed by atoms with Crippen molar-refractivity contribution in [2.75, 3.05) is 20.1 Å². The highest BCUT2D eigenvalue weighted by molar-refractivity contribution is 5.97. The van der Waals surface area contributed by atoms with Gasteiger partial charge in [0.25, 0.3) is 5.91 Å². The molecule has 2 saturated heterocycles. The standard InChI is InChI=1S/C15H19N3O4/c1-8-4-11(9(2)22-8)14(20)16-10-5-12-15(21)17(3)7-13(19)18(12)6-10/h4,10,12H,5-7H2,1-3H3,(H,16,20)/t10-,12-/m0/s1. The van der Waals surface area contributed by atoms with Crippen molar-refractivity contribution < 1.29 is 18.8 Å². The second kappa shape index (κ2) is 5.15. The third kappa shape index (κ3) is 2.36. The zero-order valence-electron chi connectivity index (χ0n) is 12.9. The minimum absolute atomic E-state index is 0.0633. The van der Waals surface area contributed by atoms with Crippen molar-refractivity contribution in [3.63, 3.8) is 0 Å². The van der Waals surface area contributed by atoms with Gasteiger partial charge in [0.05, 0.1) is 12.1 Å². The lowest BCUT2D eigenvalue weighted by atomic mass is 10.1. The van der Waals surface area contributed by atoms with Crippen molar-refractivity contribution in [2.24, 2.45) is 0 Å². The molecule has 3 amide bonds. The van der Waals surface area contributed by atoms with Crippen LogP contribution in [0.2, 0.25) is 0 Å². The highest BCUT2D eigenvalue weighted by Gasteiger charge is 2.45. The lowest BCUT2D eigenvalue weighted by molar-refractivity contribution is -0.152. The second-order valence-electron chi connectivity index (χ2n) is 5.99. The van der Waals surface area contributed by atoms with Crippen molar-refractivity contribution in [1.82, 2.24) is 15.1 Å². The molecule has 7 heteroatoms. The molecule has 7 nitrogen and oxygen atoms in total. The number of nitrogens with zero attached hydrogens (tertiary/aromatic N) is 2. The van der Waals surface area contributed by atoms with Gasteiger partial charge in [-0.15, -0.1) is 0 Å². The summed E-state index contributed by atoms with van der Waals surface area (Å²) in [7, 11) is 1.63. The molecule has 1 aromatic rings. The summed E-state index contributed by atoms with van der Waals surface area (Å²) in [6.07, 6.45) is 0.455. The van der Waals surface area contributed by atoms with E-state index >= 15 is 0 Å². The van der Waals surface area contributed by atoms with E-state index in [4.69, 9.17) is 4.42 Å². The van der Waals surface area contributed by atoms with E-state index in [-0.39, 0.29) is 30.3 Å². The van der Waals surface area contributed by atoms with E-state index in [0.717, 1.165) is 0 Å². The summed E-state index contributed by atoms with van der Waals surface area (Å²) in [6, 6.07) is 1.02. The highest BCUT2D eigenvalue weighted by Crippen LogP contribution is 2.24. The molecule has 0 saturated carbocycles. The molecule has 2 aliphatic heterocycles. The van der Waals surface area contributed by atoms with E-state index in [1.54, 1.807) is 31.9 Å². The van der Waals surface area contributed by atoms with Crippen LogP contribution in [0.25, 0.3) is 0 Å². The molecule has 1 aromatic heterocycles. The first kappa shape index (κ1) is 14.6. The summed E-state index contributed by atoms with van der Waals surface area (Å²) in [5, 5.41) is 2.90. The fraction of sp³-hybridized carbons (Fsp3) is 0.533. The van der Waals surface area contributed by atoms with Crippen LogP contribution in [0.1, 0.15) is 28.3 Å². The first-order chi connectivity index (χ1) is 10.4. The topological polar surface area (TPSA) is 82.9 Å². The molecule has 0 radical (unpaired) electrons. The minimum atomic E-state index is -0.455. The molecule has 2 aliphatic rings. The fourth-order valence-corrected chi connectivity index (χ4v) is 3.20. The Hall–Kier alpha value is -2.31. The molecule has 118 valence electrons. The summed E-state index contributed by atoms with van der Waals surface area (Å²) >= 11 is 0. The average Bonchev–Trinajstić information content (AvgIpc) is 3.00. The van der Waals surface area contributed by atoms with E-state index in [9.17, 15) is 14.4 Å². The number of rotatable bonds is 2. The van der Waals surface area contributed by atoms with Gasteiger partial charge in [0.2, 0.25) is 11.8 Å². The number of amides is 3. The number of hydrogen-bond donors (Lipinski definition) is 1. The van der Waals surface area contributed by atoms with Gasteiger partial charge in [-0.05, 0) is 26.3 Å². The number of likely N-dealkylation sites (N-methyl/N-ethyl adjacent to an activating group) is 1. The van der Waals surface area contributed by atoms with E-state index in [1.807, 2.05) is 0 Å². The van der Waals surface area contributed by atoms with Crippen LogP contribution in [-0.2, 0) is 9.59 Å². The molecule has 0 bridgehead atoms. The normalized spacial score (nSPS) is 24.7.